The van der Waals surface area contributed by atoms with Gasteiger partial charge < -0.3 is 9.64 Å². The number of amides is 1. The molecule has 0 spiro atoms. The summed E-state index contributed by atoms with van der Waals surface area (Å²) in [4.78, 5) is 30.1. The van der Waals surface area contributed by atoms with E-state index < -0.39 is 33.9 Å². The van der Waals surface area contributed by atoms with Crippen LogP contribution in [0.15, 0.2) is 6.07 Å². The van der Waals surface area contributed by atoms with E-state index in [1.54, 1.807) is 19.9 Å². The molecule has 7 nitrogen and oxygen atoms in total. The second-order valence-electron chi connectivity index (χ2n) is 6.30. The van der Waals surface area contributed by atoms with E-state index in [-0.39, 0.29) is 22.2 Å². The summed E-state index contributed by atoms with van der Waals surface area (Å²) in [6.07, 6.45) is -0.671. The van der Waals surface area contributed by atoms with Gasteiger partial charge in [-0.25, -0.2) is 18.2 Å². The van der Waals surface area contributed by atoms with Gasteiger partial charge in [0.15, 0.2) is 15.9 Å². The molecule has 1 aromatic heterocycles. The molecule has 2 heterocycles. The van der Waals surface area contributed by atoms with E-state index in [0.717, 1.165) is 0 Å². The van der Waals surface area contributed by atoms with Crippen molar-refractivity contribution >= 4 is 33.3 Å². The minimum Gasteiger partial charge on any atom is -0.449 e. The molecule has 9 heteroatoms. The number of hydrogen-bond acceptors (Lipinski definition) is 6. The van der Waals surface area contributed by atoms with E-state index >= 15 is 0 Å². The summed E-state index contributed by atoms with van der Waals surface area (Å²) in [6, 6.07) is 1.30. The van der Waals surface area contributed by atoms with Gasteiger partial charge in [0, 0.05) is 18.8 Å². The van der Waals surface area contributed by atoms with Crippen LogP contribution in [0.4, 0.5) is 0 Å². The number of halogens is 1. The Hall–Kier alpha value is -1.67. The lowest BCUT2D eigenvalue weighted by Crippen LogP contribution is -2.44. The van der Waals surface area contributed by atoms with Crippen molar-refractivity contribution in [2.45, 2.75) is 39.3 Å². The monoisotopic (exact) mass is 388 g/mol. The predicted molar refractivity (Wildman–Crippen MR) is 93.4 cm³/mol. The SMILES string of the molecule is Cc1cc(C)c(C(=O)O[C@@H](C)C(=O)N(C)[C@@H]2CCS(=O)(=O)C2)c(Cl)n1. The molecule has 138 valence electrons. The minimum atomic E-state index is -3.11. The van der Waals surface area contributed by atoms with Crippen LogP contribution in [0.1, 0.15) is 35.0 Å². The lowest BCUT2D eigenvalue weighted by Gasteiger charge is -2.26. The number of pyridine rings is 1. The molecular weight excluding hydrogens is 368 g/mol. The van der Waals surface area contributed by atoms with E-state index in [0.29, 0.717) is 17.7 Å². The fourth-order valence-corrected chi connectivity index (χ4v) is 4.99. The quantitative estimate of drug-likeness (QED) is 0.573. The topological polar surface area (TPSA) is 93.6 Å². The summed E-state index contributed by atoms with van der Waals surface area (Å²) in [7, 11) is -1.59. The highest BCUT2D eigenvalue weighted by Gasteiger charge is 2.35. The Morgan fingerprint density at radius 2 is 2.04 bits per heavy atom. The first-order valence-electron chi connectivity index (χ1n) is 7.83. The zero-order chi connectivity index (χ0) is 18.9. The maximum atomic E-state index is 12.4. The lowest BCUT2D eigenvalue weighted by atomic mass is 10.1. The lowest BCUT2D eigenvalue weighted by molar-refractivity contribution is -0.140. The summed E-state index contributed by atoms with van der Waals surface area (Å²) >= 11 is 6.02. The number of nitrogens with zero attached hydrogens (tertiary/aromatic N) is 2. The number of carbonyl (C=O) groups excluding carboxylic acids is 2. The molecule has 0 saturated carbocycles. The standard InChI is InChI=1S/C16H21ClN2O5S/c1-9-7-10(2)18-14(17)13(9)16(21)24-11(3)15(20)19(4)12-5-6-25(22,23)8-12/h7,11-12H,5-6,8H2,1-4H3/t11-,12+/m0/s1. The molecule has 0 radical (unpaired) electrons. The van der Waals surface area contributed by atoms with Crippen LogP contribution < -0.4 is 0 Å². The van der Waals surface area contributed by atoms with Crippen LogP contribution in [0.5, 0.6) is 0 Å². The summed E-state index contributed by atoms with van der Waals surface area (Å²) in [5.41, 5.74) is 1.40. The van der Waals surface area contributed by atoms with Gasteiger partial charge >= 0.3 is 5.97 Å². The molecule has 1 aromatic rings. The Labute approximate surface area is 152 Å². The molecule has 2 atom stereocenters. The third-order valence-electron chi connectivity index (χ3n) is 4.24. The van der Waals surface area contributed by atoms with Gasteiger partial charge in [0.2, 0.25) is 0 Å². The summed E-state index contributed by atoms with van der Waals surface area (Å²) in [5, 5.41) is 0.0254. The second-order valence-corrected chi connectivity index (χ2v) is 8.89. The van der Waals surface area contributed by atoms with Crippen molar-refractivity contribution in [3.8, 4) is 0 Å². The van der Waals surface area contributed by atoms with E-state index in [1.807, 2.05) is 0 Å². The molecule has 0 N–H and O–H groups in total. The summed E-state index contributed by atoms with van der Waals surface area (Å²) in [5.74, 6) is -1.19. The second kappa shape index (κ2) is 7.29. The van der Waals surface area contributed by atoms with Crippen LogP contribution in [-0.4, -0.2) is 60.9 Å². The number of aromatic nitrogens is 1. The average Bonchev–Trinajstić information content (AvgIpc) is 2.84. The van der Waals surface area contributed by atoms with E-state index in [2.05, 4.69) is 4.98 Å². The molecule has 0 aliphatic carbocycles. The zero-order valence-electron chi connectivity index (χ0n) is 14.6. The van der Waals surface area contributed by atoms with Gasteiger partial charge in [0.25, 0.3) is 5.91 Å². The van der Waals surface area contributed by atoms with Crippen molar-refractivity contribution in [3.05, 3.63) is 28.0 Å². The van der Waals surface area contributed by atoms with E-state index in [1.165, 1.54) is 18.9 Å². The van der Waals surface area contributed by atoms with Crippen molar-refractivity contribution < 1.29 is 22.7 Å². The van der Waals surface area contributed by atoms with Gasteiger partial charge in [0.05, 0.1) is 17.1 Å². The highest BCUT2D eigenvalue weighted by atomic mass is 35.5. The maximum Gasteiger partial charge on any atom is 0.342 e. The molecule has 1 fully saturated rings. The van der Waals surface area contributed by atoms with Gasteiger partial charge in [0.1, 0.15) is 5.15 Å². The zero-order valence-corrected chi connectivity index (χ0v) is 16.1. The highest BCUT2D eigenvalue weighted by molar-refractivity contribution is 7.91. The maximum absolute atomic E-state index is 12.4. The van der Waals surface area contributed by atoms with Crippen molar-refractivity contribution in [1.29, 1.82) is 0 Å². The number of esters is 1. The van der Waals surface area contributed by atoms with E-state index in [4.69, 9.17) is 16.3 Å². The van der Waals surface area contributed by atoms with Crippen molar-refractivity contribution in [3.63, 3.8) is 0 Å². The molecule has 0 bridgehead atoms. The fourth-order valence-electron chi connectivity index (χ4n) is 2.85. The molecule has 0 unspecified atom stereocenters. The normalized spacial score (nSPS) is 20.1. The Bertz CT molecular complexity index is 786. The smallest absolute Gasteiger partial charge is 0.342 e. The number of aryl methyl sites for hydroxylation is 2. The van der Waals surface area contributed by atoms with Gasteiger partial charge in [-0.05, 0) is 38.8 Å². The largest absolute Gasteiger partial charge is 0.449 e. The van der Waals surface area contributed by atoms with Gasteiger partial charge in [-0.1, -0.05) is 11.6 Å². The van der Waals surface area contributed by atoms with Gasteiger partial charge in [-0.3, -0.25) is 4.79 Å². The number of ether oxygens (including phenoxy) is 1. The minimum absolute atomic E-state index is 0.0254. The molecule has 2 rings (SSSR count). The Kier molecular flexibility index (Phi) is 5.73. The molecule has 1 amide bonds. The molecule has 1 aliphatic rings. The third kappa shape index (κ3) is 4.49. The van der Waals surface area contributed by atoms with Crippen LogP contribution >= 0.6 is 11.6 Å². The average molecular weight is 389 g/mol. The number of hydrogen-bond donors (Lipinski definition) is 0. The van der Waals surface area contributed by atoms with Gasteiger partial charge in [-0.2, -0.15) is 0 Å². The number of rotatable bonds is 4. The predicted octanol–water partition coefficient (Wildman–Crippen LogP) is 1.54. The van der Waals surface area contributed by atoms with Crippen molar-refractivity contribution in [1.82, 2.24) is 9.88 Å². The highest BCUT2D eigenvalue weighted by Crippen LogP contribution is 2.21. The number of sulfone groups is 1. The number of likely N-dealkylation sites (N-methyl/N-ethyl adjacent to an activating group) is 1. The Morgan fingerprint density at radius 1 is 1.40 bits per heavy atom. The van der Waals surface area contributed by atoms with Gasteiger partial charge in [-0.15, -0.1) is 0 Å². The third-order valence-corrected chi connectivity index (χ3v) is 6.26. The summed E-state index contributed by atoms with van der Waals surface area (Å²) < 4.78 is 28.3. The molecule has 25 heavy (non-hydrogen) atoms. The summed E-state index contributed by atoms with van der Waals surface area (Å²) in [6.45, 7) is 4.91. The fraction of sp³-hybridized carbons (Fsp3) is 0.562. The van der Waals surface area contributed by atoms with Crippen LogP contribution in [0.25, 0.3) is 0 Å². The van der Waals surface area contributed by atoms with Crippen LogP contribution in [0.3, 0.4) is 0 Å². The van der Waals surface area contributed by atoms with Crippen LogP contribution in [0.2, 0.25) is 5.15 Å². The molecular formula is C16H21ClN2O5S. The molecule has 0 aromatic carbocycles. The van der Waals surface area contributed by atoms with E-state index in [9.17, 15) is 18.0 Å². The Morgan fingerprint density at radius 3 is 2.56 bits per heavy atom. The van der Waals surface area contributed by atoms with Crippen molar-refractivity contribution in [2.75, 3.05) is 18.6 Å². The first kappa shape index (κ1) is 19.7. The first-order valence-corrected chi connectivity index (χ1v) is 10.0. The van der Waals surface area contributed by atoms with Crippen LogP contribution in [0, 0.1) is 13.8 Å². The van der Waals surface area contributed by atoms with Crippen molar-refractivity contribution in [2.24, 2.45) is 0 Å². The number of carbonyl (C=O) groups is 2. The van der Waals surface area contributed by atoms with Crippen LogP contribution in [-0.2, 0) is 19.4 Å². The molecule has 1 saturated heterocycles. The first-order chi connectivity index (χ1) is 11.5. The molecule has 1 aliphatic heterocycles. The Balaban J connectivity index is 2.07.